The normalized spacial score (nSPS) is 13.6. The number of rotatable bonds is 5. The van der Waals surface area contributed by atoms with Crippen LogP contribution in [0.5, 0.6) is 5.75 Å². The zero-order valence-electron chi connectivity index (χ0n) is 16.8. The van der Waals surface area contributed by atoms with Crippen molar-refractivity contribution in [3.8, 4) is 5.75 Å². The number of benzene rings is 2. The van der Waals surface area contributed by atoms with Crippen LogP contribution in [0.2, 0.25) is 0 Å². The van der Waals surface area contributed by atoms with Crippen molar-refractivity contribution in [3.63, 3.8) is 0 Å². The van der Waals surface area contributed by atoms with E-state index in [9.17, 15) is 4.79 Å². The molecule has 1 aliphatic rings. The third-order valence-electron chi connectivity index (χ3n) is 4.95. The second kappa shape index (κ2) is 9.13. The van der Waals surface area contributed by atoms with Crippen LogP contribution in [0.3, 0.4) is 0 Å². The molecule has 4 rings (SSSR count). The van der Waals surface area contributed by atoms with Crippen LogP contribution in [-0.4, -0.2) is 49.3 Å². The Morgan fingerprint density at radius 2 is 1.67 bits per heavy atom. The topological polar surface area (TPSA) is 82.6 Å². The quantitative estimate of drug-likeness (QED) is 0.678. The molecule has 1 aliphatic heterocycles. The van der Waals surface area contributed by atoms with Gasteiger partial charge in [-0.25, -0.2) is 14.8 Å². The second-order valence-corrected chi connectivity index (χ2v) is 6.88. The molecule has 8 heteroatoms. The average molecular weight is 404 g/mol. The van der Waals surface area contributed by atoms with Crippen LogP contribution in [0, 0.1) is 0 Å². The number of urea groups is 1. The minimum Gasteiger partial charge on any atom is -0.497 e. The SMILES string of the molecule is COc1cccc(NC(=O)Nc2cc(N3CCN(c4ccccc4)CC3)ncn2)c1. The number of ether oxygens (including phenoxy) is 1. The number of carbonyl (C=O) groups is 1. The molecule has 0 saturated carbocycles. The summed E-state index contributed by atoms with van der Waals surface area (Å²) in [6.45, 7) is 3.52. The van der Waals surface area contributed by atoms with E-state index in [4.69, 9.17) is 4.74 Å². The lowest BCUT2D eigenvalue weighted by Gasteiger charge is -2.36. The predicted octanol–water partition coefficient (Wildman–Crippen LogP) is 3.46. The minimum atomic E-state index is -0.373. The first-order valence-corrected chi connectivity index (χ1v) is 9.80. The van der Waals surface area contributed by atoms with Crippen LogP contribution < -0.4 is 25.2 Å². The third-order valence-corrected chi connectivity index (χ3v) is 4.95. The molecule has 0 spiro atoms. The summed E-state index contributed by atoms with van der Waals surface area (Å²) in [5, 5.41) is 5.54. The Kier molecular flexibility index (Phi) is 5.93. The molecule has 30 heavy (non-hydrogen) atoms. The van der Waals surface area contributed by atoms with Crippen LogP contribution in [-0.2, 0) is 0 Å². The molecular weight excluding hydrogens is 380 g/mol. The van der Waals surface area contributed by atoms with Crippen molar-refractivity contribution in [2.45, 2.75) is 0 Å². The number of hydrogen-bond donors (Lipinski definition) is 2. The lowest BCUT2D eigenvalue weighted by molar-refractivity contribution is 0.262. The predicted molar refractivity (Wildman–Crippen MR) is 119 cm³/mol. The van der Waals surface area contributed by atoms with Crippen molar-refractivity contribution >= 4 is 29.0 Å². The monoisotopic (exact) mass is 404 g/mol. The Labute approximate surface area is 175 Å². The Bertz CT molecular complexity index is 990. The zero-order valence-corrected chi connectivity index (χ0v) is 16.8. The number of para-hydroxylation sites is 1. The summed E-state index contributed by atoms with van der Waals surface area (Å²) in [5.41, 5.74) is 1.87. The molecule has 1 fully saturated rings. The Morgan fingerprint density at radius 1 is 0.900 bits per heavy atom. The van der Waals surface area contributed by atoms with Gasteiger partial charge in [-0.05, 0) is 24.3 Å². The van der Waals surface area contributed by atoms with Crippen LogP contribution in [0.4, 0.5) is 27.8 Å². The van der Waals surface area contributed by atoms with Gasteiger partial charge in [-0.2, -0.15) is 0 Å². The number of methoxy groups -OCH3 is 1. The third kappa shape index (κ3) is 4.78. The van der Waals surface area contributed by atoms with E-state index in [0.717, 1.165) is 32.0 Å². The molecule has 3 aromatic rings. The number of nitrogens with one attached hydrogen (secondary N) is 2. The van der Waals surface area contributed by atoms with E-state index in [2.05, 4.69) is 54.7 Å². The number of aromatic nitrogens is 2. The fourth-order valence-corrected chi connectivity index (χ4v) is 3.40. The maximum atomic E-state index is 12.3. The molecule has 2 N–H and O–H groups in total. The summed E-state index contributed by atoms with van der Waals surface area (Å²) in [4.78, 5) is 25.4. The molecule has 2 heterocycles. The van der Waals surface area contributed by atoms with Crippen molar-refractivity contribution in [1.29, 1.82) is 0 Å². The van der Waals surface area contributed by atoms with Crippen LogP contribution in [0.1, 0.15) is 0 Å². The van der Waals surface area contributed by atoms with Crippen LogP contribution >= 0.6 is 0 Å². The highest BCUT2D eigenvalue weighted by atomic mass is 16.5. The van der Waals surface area contributed by atoms with Crippen molar-refractivity contribution < 1.29 is 9.53 Å². The molecular formula is C22H24N6O2. The maximum Gasteiger partial charge on any atom is 0.324 e. The summed E-state index contributed by atoms with van der Waals surface area (Å²) in [7, 11) is 1.58. The second-order valence-electron chi connectivity index (χ2n) is 6.88. The molecule has 0 unspecified atom stereocenters. The standard InChI is InChI=1S/C22H24N6O2/c1-30-19-9-5-6-17(14-19)25-22(29)26-20-15-21(24-16-23-20)28-12-10-27(11-13-28)18-7-3-2-4-8-18/h2-9,14-16H,10-13H2,1H3,(H2,23,24,25,26,29). The van der Waals surface area contributed by atoms with Crippen molar-refractivity contribution in [3.05, 3.63) is 67.0 Å². The molecule has 2 amide bonds. The smallest absolute Gasteiger partial charge is 0.324 e. The lowest BCUT2D eigenvalue weighted by Crippen LogP contribution is -2.46. The first-order valence-electron chi connectivity index (χ1n) is 9.80. The van der Waals surface area contributed by atoms with Crippen molar-refractivity contribution in [2.75, 3.05) is 53.7 Å². The number of piperazine rings is 1. The molecule has 154 valence electrons. The molecule has 8 nitrogen and oxygen atoms in total. The van der Waals surface area contributed by atoms with E-state index in [0.29, 0.717) is 17.3 Å². The van der Waals surface area contributed by atoms with Gasteiger partial charge in [-0.1, -0.05) is 24.3 Å². The lowest BCUT2D eigenvalue weighted by atomic mass is 10.2. The minimum absolute atomic E-state index is 0.373. The number of anilines is 4. The van der Waals surface area contributed by atoms with Gasteiger partial charge in [0.25, 0.3) is 0 Å². The number of hydrogen-bond acceptors (Lipinski definition) is 6. The Morgan fingerprint density at radius 3 is 2.43 bits per heavy atom. The zero-order chi connectivity index (χ0) is 20.8. The summed E-state index contributed by atoms with van der Waals surface area (Å²) in [5.74, 6) is 1.92. The van der Waals surface area contributed by atoms with Gasteiger partial charge in [-0.15, -0.1) is 0 Å². The maximum absolute atomic E-state index is 12.3. The summed E-state index contributed by atoms with van der Waals surface area (Å²) >= 11 is 0. The molecule has 0 radical (unpaired) electrons. The highest BCUT2D eigenvalue weighted by Crippen LogP contribution is 2.21. The Balaban J connectivity index is 1.35. The summed E-state index contributed by atoms with van der Waals surface area (Å²) in [6.07, 6.45) is 1.47. The largest absolute Gasteiger partial charge is 0.497 e. The summed E-state index contributed by atoms with van der Waals surface area (Å²) < 4.78 is 5.17. The van der Waals surface area contributed by atoms with Gasteiger partial charge in [0.2, 0.25) is 0 Å². The number of carbonyl (C=O) groups excluding carboxylic acids is 1. The molecule has 0 bridgehead atoms. The van der Waals surface area contributed by atoms with Gasteiger partial charge in [0.05, 0.1) is 7.11 Å². The highest BCUT2D eigenvalue weighted by Gasteiger charge is 2.19. The van der Waals surface area contributed by atoms with Crippen molar-refractivity contribution in [1.82, 2.24) is 9.97 Å². The van der Waals surface area contributed by atoms with E-state index in [1.54, 1.807) is 25.3 Å². The van der Waals surface area contributed by atoms with Gasteiger partial charge in [0, 0.05) is 49.7 Å². The number of amides is 2. The first kappa shape index (κ1) is 19.5. The molecule has 0 aliphatic carbocycles. The molecule has 1 saturated heterocycles. The van der Waals surface area contributed by atoms with Gasteiger partial charge >= 0.3 is 6.03 Å². The fourth-order valence-electron chi connectivity index (χ4n) is 3.40. The molecule has 1 aromatic heterocycles. The fraction of sp³-hybridized carbons (Fsp3) is 0.227. The van der Waals surface area contributed by atoms with Gasteiger partial charge in [-0.3, -0.25) is 5.32 Å². The van der Waals surface area contributed by atoms with Crippen LogP contribution in [0.25, 0.3) is 0 Å². The van der Waals surface area contributed by atoms with Gasteiger partial charge in [0.1, 0.15) is 23.7 Å². The molecule has 2 aromatic carbocycles. The highest BCUT2D eigenvalue weighted by molar-refractivity contribution is 5.99. The summed E-state index contributed by atoms with van der Waals surface area (Å²) in [6, 6.07) is 19.0. The molecule has 0 atom stereocenters. The Hall–Kier alpha value is -3.81. The van der Waals surface area contributed by atoms with Gasteiger partial charge < -0.3 is 19.9 Å². The number of nitrogens with zero attached hydrogens (tertiary/aromatic N) is 4. The van der Waals surface area contributed by atoms with Gasteiger partial charge in [0.15, 0.2) is 0 Å². The van der Waals surface area contributed by atoms with Crippen molar-refractivity contribution in [2.24, 2.45) is 0 Å². The first-order chi connectivity index (χ1) is 14.7. The van der Waals surface area contributed by atoms with Crippen LogP contribution in [0.15, 0.2) is 67.0 Å². The van der Waals surface area contributed by atoms with E-state index >= 15 is 0 Å². The van der Waals surface area contributed by atoms with E-state index in [1.807, 2.05) is 18.2 Å². The van der Waals surface area contributed by atoms with E-state index in [1.165, 1.54) is 12.0 Å². The van der Waals surface area contributed by atoms with E-state index < -0.39 is 0 Å². The average Bonchev–Trinajstić information content (AvgIpc) is 2.80. The van der Waals surface area contributed by atoms with E-state index in [-0.39, 0.29) is 6.03 Å².